The predicted octanol–water partition coefficient (Wildman–Crippen LogP) is 5.61. The van der Waals surface area contributed by atoms with Crippen LogP contribution < -0.4 is 4.90 Å². The van der Waals surface area contributed by atoms with Crippen molar-refractivity contribution in [3.05, 3.63) is 76.3 Å². The average Bonchev–Trinajstić information content (AvgIpc) is 3.35. The molecule has 0 saturated carbocycles. The average molecular weight is 469 g/mol. The molecule has 0 atom stereocenters. The van der Waals surface area contributed by atoms with E-state index in [1.807, 2.05) is 35.0 Å². The molecule has 0 aliphatic heterocycles. The third-order valence-electron chi connectivity index (χ3n) is 4.73. The first-order chi connectivity index (χ1) is 14.0. The standard InChI is InChI=1S/C22H21BrN4OS/c1-15-12-16(2)20-19(13-15)25-22(29-20)27(10-3-9-26-11-8-24-14-26)21(28)17-4-6-18(23)7-5-17/h4-8,11-14H,3,9-10H2,1-2H3. The van der Waals surface area contributed by atoms with Crippen LogP contribution in [0.25, 0.3) is 10.2 Å². The lowest BCUT2D eigenvalue weighted by atomic mass is 10.1. The van der Waals surface area contributed by atoms with Gasteiger partial charge in [0.2, 0.25) is 0 Å². The molecule has 2 aromatic carbocycles. The number of aromatic nitrogens is 3. The van der Waals surface area contributed by atoms with Crippen LogP contribution in [0.15, 0.2) is 59.6 Å². The number of aryl methyl sites for hydroxylation is 3. The number of thiazole rings is 1. The molecule has 2 aromatic heterocycles. The Morgan fingerprint density at radius 2 is 2.00 bits per heavy atom. The fourth-order valence-electron chi connectivity index (χ4n) is 3.34. The minimum Gasteiger partial charge on any atom is -0.337 e. The van der Waals surface area contributed by atoms with Crippen molar-refractivity contribution in [2.75, 3.05) is 11.4 Å². The molecule has 1 amide bonds. The fraction of sp³-hybridized carbons (Fsp3) is 0.227. The highest BCUT2D eigenvalue weighted by molar-refractivity contribution is 9.10. The molecule has 4 rings (SSSR count). The molecule has 5 nitrogen and oxygen atoms in total. The van der Waals surface area contributed by atoms with Gasteiger partial charge in [0.1, 0.15) is 0 Å². The summed E-state index contributed by atoms with van der Waals surface area (Å²) >= 11 is 5.01. The zero-order chi connectivity index (χ0) is 20.4. The van der Waals surface area contributed by atoms with Gasteiger partial charge in [0.25, 0.3) is 5.91 Å². The SMILES string of the molecule is Cc1cc(C)c2sc(N(CCCn3ccnc3)C(=O)c3ccc(Br)cc3)nc2c1. The van der Waals surface area contributed by atoms with Gasteiger partial charge in [-0.15, -0.1) is 0 Å². The van der Waals surface area contributed by atoms with Gasteiger partial charge in [0.05, 0.1) is 16.5 Å². The lowest BCUT2D eigenvalue weighted by Crippen LogP contribution is -2.32. The third-order valence-corrected chi connectivity index (χ3v) is 6.49. The van der Waals surface area contributed by atoms with E-state index < -0.39 is 0 Å². The van der Waals surface area contributed by atoms with E-state index in [2.05, 4.69) is 46.9 Å². The van der Waals surface area contributed by atoms with Crippen LogP contribution in [-0.4, -0.2) is 27.0 Å². The molecule has 0 saturated heterocycles. The number of benzene rings is 2. The maximum atomic E-state index is 13.3. The smallest absolute Gasteiger partial charge is 0.260 e. The summed E-state index contributed by atoms with van der Waals surface area (Å²) in [7, 11) is 0. The Hall–Kier alpha value is -2.51. The van der Waals surface area contributed by atoms with Crippen LogP contribution in [-0.2, 0) is 6.54 Å². The number of amides is 1. The lowest BCUT2D eigenvalue weighted by Gasteiger charge is -2.20. The summed E-state index contributed by atoms with van der Waals surface area (Å²) in [6.07, 6.45) is 6.31. The summed E-state index contributed by atoms with van der Waals surface area (Å²) in [4.78, 5) is 24.0. The number of anilines is 1. The normalized spacial score (nSPS) is 11.1. The van der Waals surface area contributed by atoms with Crippen LogP contribution in [0.2, 0.25) is 0 Å². The summed E-state index contributed by atoms with van der Waals surface area (Å²) in [5.41, 5.74) is 3.98. The summed E-state index contributed by atoms with van der Waals surface area (Å²) in [6.45, 7) is 5.55. The van der Waals surface area contributed by atoms with Crippen molar-refractivity contribution in [1.29, 1.82) is 0 Å². The highest BCUT2D eigenvalue weighted by atomic mass is 79.9. The van der Waals surface area contributed by atoms with E-state index in [1.54, 1.807) is 28.8 Å². The second kappa shape index (κ2) is 8.47. The van der Waals surface area contributed by atoms with E-state index in [4.69, 9.17) is 4.98 Å². The molecule has 7 heteroatoms. The van der Waals surface area contributed by atoms with Crippen LogP contribution >= 0.6 is 27.3 Å². The molecule has 0 spiro atoms. The molecule has 0 unspecified atom stereocenters. The van der Waals surface area contributed by atoms with Crippen LogP contribution in [0.5, 0.6) is 0 Å². The number of hydrogen-bond donors (Lipinski definition) is 0. The highest BCUT2D eigenvalue weighted by Crippen LogP contribution is 2.33. The molecule has 148 valence electrons. The van der Waals surface area contributed by atoms with Gasteiger partial charge in [0, 0.05) is 35.5 Å². The number of rotatable bonds is 6. The summed E-state index contributed by atoms with van der Waals surface area (Å²) in [6, 6.07) is 11.7. The van der Waals surface area contributed by atoms with E-state index in [0.29, 0.717) is 12.1 Å². The van der Waals surface area contributed by atoms with Crippen molar-refractivity contribution in [1.82, 2.24) is 14.5 Å². The molecule has 0 N–H and O–H groups in total. The number of fused-ring (bicyclic) bond motifs is 1. The Bertz CT molecular complexity index is 1140. The first kappa shape index (κ1) is 19.8. The molecule has 0 bridgehead atoms. The molecule has 0 radical (unpaired) electrons. The lowest BCUT2D eigenvalue weighted by molar-refractivity contribution is 0.0986. The number of carbonyl (C=O) groups is 1. The Labute approximate surface area is 182 Å². The Balaban J connectivity index is 1.66. The second-order valence-corrected chi connectivity index (χ2v) is 8.94. The Morgan fingerprint density at radius 1 is 1.21 bits per heavy atom. The number of nitrogens with zero attached hydrogens (tertiary/aromatic N) is 4. The number of hydrogen-bond acceptors (Lipinski definition) is 4. The molecular formula is C22H21BrN4OS. The van der Waals surface area contributed by atoms with Crippen molar-refractivity contribution in [3.63, 3.8) is 0 Å². The monoisotopic (exact) mass is 468 g/mol. The van der Waals surface area contributed by atoms with Gasteiger partial charge in [0.15, 0.2) is 5.13 Å². The van der Waals surface area contributed by atoms with Crippen LogP contribution in [0.4, 0.5) is 5.13 Å². The van der Waals surface area contributed by atoms with E-state index in [9.17, 15) is 4.79 Å². The van der Waals surface area contributed by atoms with Gasteiger partial charge in [-0.25, -0.2) is 9.97 Å². The number of carbonyl (C=O) groups excluding carboxylic acids is 1. The third kappa shape index (κ3) is 4.41. The quantitative estimate of drug-likeness (QED) is 0.369. The summed E-state index contributed by atoms with van der Waals surface area (Å²) in [5, 5.41) is 0.743. The topological polar surface area (TPSA) is 51.0 Å². The van der Waals surface area contributed by atoms with Crippen LogP contribution in [0, 0.1) is 13.8 Å². The first-order valence-corrected chi connectivity index (χ1v) is 11.0. The largest absolute Gasteiger partial charge is 0.337 e. The van der Waals surface area contributed by atoms with Crippen LogP contribution in [0.3, 0.4) is 0 Å². The first-order valence-electron chi connectivity index (χ1n) is 9.42. The molecule has 4 aromatic rings. The zero-order valence-corrected chi connectivity index (χ0v) is 18.7. The molecular weight excluding hydrogens is 448 g/mol. The Kier molecular flexibility index (Phi) is 5.78. The van der Waals surface area contributed by atoms with Gasteiger partial charge in [-0.3, -0.25) is 9.69 Å². The minimum atomic E-state index is -0.0310. The fourth-order valence-corrected chi connectivity index (χ4v) is 4.65. The molecule has 0 aliphatic rings. The molecule has 0 aliphatic carbocycles. The van der Waals surface area contributed by atoms with Crippen molar-refractivity contribution in [2.24, 2.45) is 0 Å². The van der Waals surface area contributed by atoms with Gasteiger partial charge in [-0.2, -0.15) is 0 Å². The van der Waals surface area contributed by atoms with Crippen molar-refractivity contribution in [3.8, 4) is 0 Å². The summed E-state index contributed by atoms with van der Waals surface area (Å²) in [5.74, 6) is -0.0310. The van der Waals surface area contributed by atoms with E-state index in [1.165, 1.54) is 11.1 Å². The predicted molar refractivity (Wildman–Crippen MR) is 122 cm³/mol. The van der Waals surface area contributed by atoms with E-state index in [-0.39, 0.29) is 5.91 Å². The molecule has 29 heavy (non-hydrogen) atoms. The number of imidazole rings is 1. The maximum Gasteiger partial charge on any atom is 0.260 e. The zero-order valence-electron chi connectivity index (χ0n) is 16.3. The Morgan fingerprint density at radius 3 is 2.72 bits per heavy atom. The van der Waals surface area contributed by atoms with Crippen molar-refractivity contribution < 1.29 is 4.79 Å². The summed E-state index contributed by atoms with van der Waals surface area (Å²) < 4.78 is 4.11. The van der Waals surface area contributed by atoms with Crippen molar-refractivity contribution >= 4 is 48.5 Å². The van der Waals surface area contributed by atoms with Gasteiger partial charge < -0.3 is 4.57 Å². The highest BCUT2D eigenvalue weighted by Gasteiger charge is 2.21. The molecule has 0 fully saturated rings. The van der Waals surface area contributed by atoms with E-state index >= 15 is 0 Å². The van der Waals surface area contributed by atoms with Gasteiger partial charge >= 0.3 is 0 Å². The second-order valence-electron chi connectivity index (χ2n) is 7.04. The van der Waals surface area contributed by atoms with Gasteiger partial charge in [-0.1, -0.05) is 33.3 Å². The molecule has 2 heterocycles. The van der Waals surface area contributed by atoms with Crippen molar-refractivity contribution in [2.45, 2.75) is 26.8 Å². The van der Waals surface area contributed by atoms with Gasteiger partial charge in [-0.05, 0) is 61.7 Å². The van der Waals surface area contributed by atoms with Crippen LogP contribution in [0.1, 0.15) is 27.9 Å². The minimum absolute atomic E-state index is 0.0310. The van der Waals surface area contributed by atoms with E-state index in [0.717, 1.165) is 32.8 Å². The number of halogens is 1. The maximum absolute atomic E-state index is 13.3.